The van der Waals surface area contributed by atoms with Crippen LogP contribution in [0.2, 0.25) is 0 Å². The highest BCUT2D eigenvalue weighted by Crippen LogP contribution is 2.30. The van der Waals surface area contributed by atoms with E-state index in [1.807, 2.05) is 0 Å². The monoisotopic (exact) mass is 308 g/mol. The number of carboxylic acids is 1. The minimum atomic E-state index is -3.29. The lowest BCUT2D eigenvalue weighted by atomic mass is 10.0. The van der Waals surface area contributed by atoms with Gasteiger partial charge in [-0.25, -0.2) is 8.78 Å². The molecular weight excluding hydrogens is 298 g/mol. The van der Waals surface area contributed by atoms with Crippen molar-refractivity contribution in [2.24, 2.45) is 0 Å². The zero-order valence-electron chi connectivity index (χ0n) is 9.04. The van der Waals surface area contributed by atoms with E-state index in [-0.39, 0.29) is 5.56 Å². The first-order valence-corrected chi connectivity index (χ1v) is 5.55. The van der Waals surface area contributed by atoms with E-state index in [4.69, 9.17) is 9.84 Å². The summed E-state index contributed by atoms with van der Waals surface area (Å²) < 4.78 is 32.3. The second kappa shape index (κ2) is 5.44. The predicted octanol–water partition coefficient (Wildman–Crippen LogP) is 3.11. The van der Waals surface area contributed by atoms with Crippen LogP contribution >= 0.6 is 15.9 Å². The highest BCUT2D eigenvalue weighted by molar-refractivity contribution is 9.10. The lowest BCUT2D eigenvalue weighted by Crippen LogP contribution is -2.24. The van der Waals surface area contributed by atoms with Gasteiger partial charge in [-0.15, -0.1) is 0 Å². The molecule has 0 heterocycles. The third-order valence-electron chi connectivity index (χ3n) is 2.10. The Morgan fingerprint density at radius 3 is 2.71 bits per heavy atom. The van der Waals surface area contributed by atoms with Crippen LogP contribution < -0.4 is 4.74 Å². The summed E-state index contributed by atoms with van der Waals surface area (Å²) in [4.78, 5) is 10.3. The Morgan fingerprint density at radius 1 is 1.53 bits per heavy atom. The maximum absolute atomic E-state index is 13.4. The number of carbonyl (C=O) groups is 1. The van der Waals surface area contributed by atoms with Crippen LogP contribution in [0.1, 0.15) is 12.0 Å². The third-order valence-corrected chi connectivity index (χ3v) is 2.59. The summed E-state index contributed by atoms with van der Waals surface area (Å²) in [6, 6.07) is 4.71. The van der Waals surface area contributed by atoms with Gasteiger partial charge in [-0.1, -0.05) is 15.9 Å². The van der Waals surface area contributed by atoms with Gasteiger partial charge in [-0.05, 0) is 18.2 Å². The van der Waals surface area contributed by atoms with E-state index in [1.54, 1.807) is 12.1 Å². The molecule has 0 saturated heterocycles. The Balaban J connectivity index is 2.93. The molecule has 0 unspecified atom stereocenters. The zero-order chi connectivity index (χ0) is 13.1. The fraction of sp³-hybridized carbons (Fsp3) is 0.364. The molecule has 0 fully saturated rings. The van der Waals surface area contributed by atoms with Crippen molar-refractivity contribution in [3.05, 3.63) is 28.2 Å². The van der Waals surface area contributed by atoms with Gasteiger partial charge in [0.25, 0.3) is 5.92 Å². The molecule has 17 heavy (non-hydrogen) atoms. The van der Waals surface area contributed by atoms with Gasteiger partial charge >= 0.3 is 5.97 Å². The zero-order valence-corrected chi connectivity index (χ0v) is 10.6. The normalized spacial score (nSPS) is 11.3. The molecule has 1 rings (SSSR count). The first kappa shape index (κ1) is 13.9. The number of methoxy groups -OCH3 is 1. The molecule has 0 aromatic heterocycles. The summed E-state index contributed by atoms with van der Waals surface area (Å²) in [5.41, 5.74) is 0.271. The average molecular weight is 309 g/mol. The Hall–Kier alpha value is -1.17. The summed E-state index contributed by atoms with van der Waals surface area (Å²) in [7, 11) is 1.38. The van der Waals surface area contributed by atoms with Gasteiger partial charge in [0.15, 0.2) is 0 Å². The summed E-state index contributed by atoms with van der Waals surface area (Å²) in [5, 5.41) is 8.39. The number of hydrogen-bond donors (Lipinski definition) is 1. The summed E-state index contributed by atoms with van der Waals surface area (Å²) >= 11 is 3.17. The van der Waals surface area contributed by atoms with Crippen molar-refractivity contribution in [3.8, 4) is 5.75 Å². The van der Waals surface area contributed by atoms with Crippen molar-refractivity contribution in [2.45, 2.75) is 18.8 Å². The van der Waals surface area contributed by atoms with E-state index in [1.165, 1.54) is 13.2 Å². The molecule has 6 heteroatoms. The summed E-state index contributed by atoms with van der Waals surface area (Å²) in [6.45, 7) is 0. The molecule has 0 amide bonds. The van der Waals surface area contributed by atoms with Crippen molar-refractivity contribution in [1.29, 1.82) is 0 Å². The molecule has 1 aromatic carbocycles. The van der Waals surface area contributed by atoms with Crippen LogP contribution in [0.3, 0.4) is 0 Å². The number of alkyl halides is 2. The number of aliphatic carboxylic acids is 1. The summed E-state index contributed by atoms with van der Waals surface area (Å²) in [6.07, 6.45) is -1.86. The Kier molecular flexibility index (Phi) is 4.45. The van der Waals surface area contributed by atoms with Gasteiger partial charge in [0.05, 0.1) is 7.11 Å². The smallest absolute Gasteiger partial charge is 0.309 e. The van der Waals surface area contributed by atoms with Gasteiger partial charge in [0, 0.05) is 16.5 Å². The summed E-state index contributed by atoms with van der Waals surface area (Å²) in [5.74, 6) is -4.50. The fourth-order valence-corrected chi connectivity index (χ4v) is 1.86. The molecule has 94 valence electrons. The molecule has 0 aliphatic heterocycles. The number of hydrogen-bond acceptors (Lipinski definition) is 2. The number of carboxylic acid groups (broad SMARTS) is 1. The molecule has 0 aliphatic carbocycles. The van der Waals surface area contributed by atoms with Gasteiger partial charge in [-0.2, -0.15) is 0 Å². The molecule has 0 bridgehead atoms. The minimum Gasteiger partial charge on any atom is -0.496 e. The van der Waals surface area contributed by atoms with Crippen LogP contribution in [0.4, 0.5) is 8.78 Å². The Labute approximate surface area is 106 Å². The third kappa shape index (κ3) is 4.30. The fourth-order valence-electron chi connectivity index (χ4n) is 1.45. The molecule has 0 spiro atoms. The van der Waals surface area contributed by atoms with Crippen molar-refractivity contribution < 1.29 is 23.4 Å². The Bertz CT molecular complexity index is 421. The Morgan fingerprint density at radius 2 is 2.18 bits per heavy atom. The molecule has 0 atom stereocenters. The van der Waals surface area contributed by atoms with Crippen molar-refractivity contribution >= 4 is 21.9 Å². The SMILES string of the molecule is COc1ccc(Br)cc1CC(F)(F)CC(=O)O. The molecule has 0 radical (unpaired) electrons. The molecule has 0 aliphatic rings. The lowest BCUT2D eigenvalue weighted by molar-refractivity contribution is -0.144. The molecule has 1 aromatic rings. The molecule has 0 saturated carbocycles. The highest BCUT2D eigenvalue weighted by Gasteiger charge is 2.33. The molecular formula is C11H11BrF2O3. The lowest BCUT2D eigenvalue weighted by Gasteiger charge is -2.16. The van der Waals surface area contributed by atoms with E-state index >= 15 is 0 Å². The van der Waals surface area contributed by atoms with E-state index in [2.05, 4.69) is 15.9 Å². The van der Waals surface area contributed by atoms with Gasteiger partial charge in [0.1, 0.15) is 12.2 Å². The van der Waals surface area contributed by atoms with Crippen LogP contribution in [0.15, 0.2) is 22.7 Å². The average Bonchev–Trinajstić information content (AvgIpc) is 2.14. The van der Waals surface area contributed by atoms with E-state index in [9.17, 15) is 13.6 Å². The topological polar surface area (TPSA) is 46.5 Å². The van der Waals surface area contributed by atoms with Gasteiger partial charge < -0.3 is 9.84 Å². The maximum atomic E-state index is 13.4. The number of ether oxygens (including phenoxy) is 1. The largest absolute Gasteiger partial charge is 0.496 e. The second-order valence-electron chi connectivity index (χ2n) is 3.56. The van der Waals surface area contributed by atoms with Crippen LogP contribution in [0.25, 0.3) is 0 Å². The van der Waals surface area contributed by atoms with Gasteiger partial charge in [-0.3, -0.25) is 4.79 Å². The standard InChI is InChI=1S/C11H11BrF2O3/c1-17-9-3-2-8(12)4-7(9)5-11(13,14)6-10(15)16/h2-4H,5-6H2,1H3,(H,15,16). The molecule has 3 nitrogen and oxygen atoms in total. The van der Waals surface area contributed by atoms with E-state index < -0.39 is 24.7 Å². The first-order chi connectivity index (χ1) is 7.84. The van der Waals surface area contributed by atoms with Crippen LogP contribution in [0, 0.1) is 0 Å². The second-order valence-corrected chi connectivity index (χ2v) is 4.48. The quantitative estimate of drug-likeness (QED) is 0.909. The minimum absolute atomic E-state index is 0.271. The van der Waals surface area contributed by atoms with Crippen LogP contribution in [-0.2, 0) is 11.2 Å². The number of halogens is 3. The first-order valence-electron chi connectivity index (χ1n) is 4.76. The maximum Gasteiger partial charge on any atom is 0.309 e. The van der Waals surface area contributed by atoms with Crippen molar-refractivity contribution in [2.75, 3.05) is 7.11 Å². The van der Waals surface area contributed by atoms with Gasteiger partial charge in [0.2, 0.25) is 0 Å². The highest BCUT2D eigenvalue weighted by atomic mass is 79.9. The van der Waals surface area contributed by atoms with Crippen LogP contribution in [-0.4, -0.2) is 24.1 Å². The van der Waals surface area contributed by atoms with E-state index in [0.29, 0.717) is 10.2 Å². The van der Waals surface area contributed by atoms with Crippen molar-refractivity contribution in [3.63, 3.8) is 0 Å². The van der Waals surface area contributed by atoms with Crippen LogP contribution in [0.5, 0.6) is 5.75 Å². The number of benzene rings is 1. The molecule has 1 N–H and O–H groups in total. The predicted molar refractivity (Wildman–Crippen MR) is 61.6 cm³/mol. The number of rotatable bonds is 5. The van der Waals surface area contributed by atoms with E-state index in [0.717, 1.165) is 0 Å². The van der Waals surface area contributed by atoms with Crippen molar-refractivity contribution in [1.82, 2.24) is 0 Å².